The first-order valence-corrected chi connectivity index (χ1v) is 5.23. The van der Waals surface area contributed by atoms with Crippen LogP contribution in [0.3, 0.4) is 0 Å². The largest absolute Gasteiger partial charge is 0.463 e. The number of rotatable bonds is 1. The Kier molecular flexibility index (Phi) is 3.20. The highest BCUT2D eigenvalue weighted by atomic mass is 19.4. The van der Waals surface area contributed by atoms with E-state index in [1.54, 1.807) is 0 Å². The van der Waals surface area contributed by atoms with Gasteiger partial charge in [-0.05, 0) is 24.3 Å². The number of hydrogen-bond donors (Lipinski definition) is 2. The Morgan fingerprint density at radius 3 is 2.68 bits per heavy atom. The zero-order chi connectivity index (χ0) is 14.0. The van der Waals surface area contributed by atoms with Gasteiger partial charge in [0.1, 0.15) is 0 Å². The van der Waals surface area contributed by atoms with Crippen molar-refractivity contribution in [1.29, 1.82) is 0 Å². The molecule has 0 radical (unpaired) electrons. The van der Waals surface area contributed by atoms with Gasteiger partial charge >= 0.3 is 12.3 Å². The highest BCUT2D eigenvalue weighted by Gasteiger charge is 2.31. The number of benzene rings is 1. The third-order valence-corrected chi connectivity index (χ3v) is 2.47. The van der Waals surface area contributed by atoms with Crippen LogP contribution in [-0.2, 0) is 6.18 Å². The molecule has 1 aliphatic rings. The number of hydrogen-bond acceptors (Lipinski definition) is 2. The van der Waals surface area contributed by atoms with Crippen LogP contribution in [0.2, 0.25) is 0 Å². The fourth-order valence-electron chi connectivity index (χ4n) is 1.64. The van der Waals surface area contributed by atoms with Crippen LogP contribution in [-0.4, -0.2) is 16.2 Å². The van der Waals surface area contributed by atoms with Crippen molar-refractivity contribution in [1.82, 2.24) is 10.4 Å². The summed E-state index contributed by atoms with van der Waals surface area (Å²) in [6.07, 6.45) is -1.49. The van der Waals surface area contributed by atoms with Crippen LogP contribution in [0.1, 0.15) is 11.1 Å². The minimum Gasteiger partial charge on any atom is -0.463 e. The minimum absolute atomic E-state index is 0.126. The summed E-state index contributed by atoms with van der Waals surface area (Å²) in [4.78, 5) is 11.0. The van der Waals surface area contributed by atoms with E-state index in [0.29, 0.717) is 0 Å². The summed E-state index contributed by atoms with van der Waals surface area (Å²) in [5.74, 6) is 0. The summed E-state index contributed by atoms with van der Waals surface area (Å²) >= 11 is 0. The fraction of sp³-hybridized carbons (Fsp3) is 0.0833. The predicted molar refractivity (Wildman–Crippen MR) is 61.6 cm³/mol. The van der Waals surface area contributed by atoms with Crippen molar-refractivity contribution < 1.29 is 23.1 Å². The van der Waals surface area contributed by atoms with E-state index in [4.69, 9.17) is 5.11 Å². The van der Waals surface area contributed by atoms with Gasteiger partial charge in [0.2, 0.25) is 0 Å². The number of alkyl halides is 3. The molecule has 0 spiro atoms. The molecule has 100 valence electrons. The van der Waals surface area contributed by atoms with Crippen LogP contribution in [0, 0.1) is 0 Å². The second kappa shape index (κ2) is 4.68. The van der Waals surface area contributed by atoms with E-state index in [9.17, 15) is 18.0 Å². The van der Waals surface area contributed by atoms with E-state index in [-0.39, 0.29) is 11.3 Å². The second-order valence-electron chi connectivity index (χ2n) is 3.74. The van der Waals surface area contributed by atoms with Gasteiger partial charge in [0, 0.05) is 11.8 Å². The molecule has 4 nitrogen and oxygen atoms in total. The van der Waals surface area contributed by atoms with E-state index < -0.39 is 17.8 Å². The lowest BCUT2D eigenvalue weighted by Crippen LogP contribution is -2.38. The van der Waals surface area contributed by atoms with E-state index in [1.807, 2.05) is 0 Å². The van der Waals surface area contributed by atoms with Gasteiger partial charge in [0.15, 0.2) is 0 Å². The molecule has 7 heteroatoms. The maximum atomic E-state index is 12.6. The third-order valence-electron chi connectivity index (χ3n) is 2.47. The Balaban J connectivity index is 2.43. The molecule has 1 amide bonds. The normalized spacial score (nSPS) is 14.9. The molecular formula is C12H9F3N2O2. The van der Waals surface area contributed by atoms with E-state index in [0.717, 1.165) is 17.1 Å². The maximum Gasteiger partial charge on any atom is 0.430 e. The molecule has 0 fully saturated rings. The molecule has 19 heavy (non-hydrogen) atoms. The standard InChI is InChI=1S/C12H9F3N2O2/c13-12(14,15)9-4-1-3-8(7-9)10-5-2-6-16-17(10)11(18)19/h1-7,16H,(H,18,19). The molecule has 0 bridgehead atoms. The lowest BCUT2D eigenvalue weighted by Gasteiger charge is -2.24. The molecule has 0 saturated heterocycles. The van der Waals surface area contributed by atoms with Crippen molar-refractivity contribution in [2.24, 2.45) is 0 Å². The average Bonchev–Trinajstić information content (AvgIpc) is 2.38. The van der Waals surface area contributed by atoms with E-state index in [1.165, 1.54) is 30.5 Å². The minimum atomic E-state index is -4.47. The van der Waals surface area contributed by atoms with Crippen LogP contribution >= 0.6 is 0 Å². The Bertz CT molecular complexity index is 564. The second-order valence-corrected chi connectivity index (χ2v) is 3.74. The molecule has 0 unspecified atom stereocenters. The Hall–Kier alpha value is -2.44. The number of carboxylic acid groups (broad SMARTS) is 1. The summed E-state index contributed by atoms with van der Waals surface area (Å²) in [7, 11) is 0. The van der Waals surface area contributed by atoms with Crippen molar-refractivity contribution in [2.45, 2.75) is 6.18 Å². The van der Waals surface area contributed by atoms with Gasteiger partial charge in [-0.15, -0.1) is 0 Å². The maximum absolute atomic E-state index is 12.6. The zero-order valence-electron chi connectivity index (χ0n) is 9.48. The van der Waals surface area contributed by atoms with Crippen molar-refractivity contribution in [3.05, 3.63) is 53.7 Å². The summed E-state index contributed by atoms with van der Waals surface area (Å²) in [5, 5.41) is 9.71. The number of carbonyl (C=O) groups is 1. The molecule has 0 saturated carbocycles. The van der Waals surface area contributed by atoms with Crippen molar-refractivity contribution >= 4 is 11.8 Å². The number of nitrogens with one attached hydrogen (secondary N) is 1. The number of allylic oxidation sites excluding steroid dienone is 2. The topological polar surface area (TPSA) is 52.6 Å². The molecule has 2 N–H and O–H groups in total. The Labute approximate surface area is 106 Å². The van der Waals surface area contributed by atoms with Crippen molar-refractivity contribution in [2.75, 3.05) is 0 Å². The zero-order valence-corrected chi connectivity index (χ0v) is 9.48. The molecule has 1 aromatic carbocycles. The number of hydrazine groups is 1. The monoisotopic (exact) mass is 270 g/mol. The lowest BCUT2D eigenvalue weighted by atomic mass is 10.1. The SMILES string of the molecule is O=C(O)N1NC=CC=C1c1cccc(C(F)(F)F)c1. The van der Waals surface area contributed by atoms with Crippen LogP contribution in [0.5, 0.6) is 0 Å². The van der Waals surface area contributed by atoms with Gasteiger partial charge in [0.25, 0.3) is 0 Å². The van der Waals surface area contributed by atoms with Gasteiger partial charge in [0.05, 0.1) is 11.3 Å². The summed E-state index contributed by atoms with van der Waals surface area (Å²) < 4.78 is 37.8. The first-order chi connectivity index (χ1) is 8.89. The lowest BCUT2D eigenvalue weighted by molar-refractivity contribution is -0.137. The molecule has 1 heterocycles. The first-order valence-electron chi connectivity index (χ1n) is 5.23. The van der Waals surface area contributed by atoms with Crippen molar-refractivity contribution in [3.63, 3.8) is 0 Å². The summed E-state index contributed by atoms with van der Waals surface area (Å²) in [6.45, 7) is 0. The van der Waals surface area contributed by atoms with E-state index >= 15 is 0 Å². The molecule has 0 atom stereocenters. The number of nitrogens with zero attached hydrogens (tertiary/aromatic N) is 1. The van der Waals surface area contributed by atoms with Gasteiger partial charge in [-0.1, -0.05) is 12.1 Å². The Morgan fingerprint density at radius 2 is 2.05 bits per heavy atom. The predicted octanol–water partition coefficient (Wildman–Crippen LogP) is 3.06. The fourth-order valence-corrected chi connectivity index (χ4v) is 1.64. The van der Waals surface area contributed by atoms with Crippen LogP contribution in [0.25, 0.3) is 5.70 Å². The molecule has 0 aromatic heterocycles. The molecule has 1 aromatic rings. The summed E-state index contributed by atoms with van der Waals surface area (Å²) in [5.41, 5.74) is 1.89. The van der Waals surface area contributed by atoms with Gasteiger partial charge in [-0.25, -0.2) is 4.79 Å². The highest BCUT2D eigenvalue weighted by Crippen LogP contribution is 2.31. The van der Waals surface area contributed by atoms with Gasteiger partial charge in [-0.2, -0.15) is 18.2 Å². The third kappa shape index (κ3) is 2.70. The smallest absolute Gasteiger partial charge is 0.430 e. The summed E-state index contributed by atoms with van der Waals surface area (Å²) in [6, 6.07) is 4.49. The molecule has 1 aliphatic heterocycles. The average molecular weight is 270 g/mol. The van der Waals surface area contributed by atoms with E-state index in [2.05, 4.69) is 5.43 Å². The van der Waals surface area contributed by atoms with Crippen LogP contribution in [0.15, 0.2) is 42.6 Å². The van der Waals surface area contributed by atoms with Gasteiger partial charge < -0.3 is 5.11 Å². The van der Waals surface area contributed by atoms with Crippen LogP contribution in [0.4, 0.5) is 18.0 Å². The van der Waals surface area contributed by atoms with Gasteiger partial charge in [-0.3, -0.25) is 5.43 Å². The van der Waals surface area contributed by atoms with Crippen LogP contribution < -0.4 is 5.43 Å². The van der Waals surface area contributed by atoms with Crippen molar-refractivity contribution in [3.8, 4) is 0 Å². The first kappa shape index (κ1) is 13.0. The molecule has 2 rings (SSSR count). The number of halogens is 3. The molecular weight excluding hydrogens is 261 g/mol. The number of amides is 1. The molecule has 0 aliphatic carbocycles. The Morgan fingerprint density at radius 1 is 1.32 bits per heavy atom. The highest BCUT2D eigenvalue weighted by molar-refractivity contribution is 5.81. The quantitative estimate of drug-likeness (QED) is 0.824.